The van der Waals surface area contributed by atoms with Gasteiger partial charge >= 0.3 is 0 Å². The van der Waals surface area contributed by atoms with E-state index in [1.54, 1.807) is 24.4 Å². The van der Waals surface area contributed by atoms with Crippen molar-refractivity contribution in [2.75, 3.05) is 56.1 Å². The minimum Gasteiger partial charge on any atom is -0.480 e. The number of methoxy groups -OCH3 is 1. The van der Waals surface area contributed by atoms with Gasteiger partial charge in [0.15, 0.2) is 4.90 Å². The first kappa shape index (κ1) is 27.3. The molecule has 2 aliphatic heterocycles. The van der Waals surface area contributed by atoms with E-state index >= 15 is 4.39 Å². The third kappa shape index (κ3) is 6.32. The van der Waals surface area contributed by atoms with Gasteiger partial charge in [0.05, 0.1) is 44.1 Å². The SMILES string of the molecule is CC[C@H]1CCN(Cc2ccc(-c3cncc(NS(=O)(=O)c4cc(N5CCOCC5)cnc4OC)c3)c(F)c2)C1. The number of nitrogens with zero attached hydrogens (tertiary/aromatic N) is 4. The highest BCUT2D eigenvalue weighted by molar-refractivity contribution is 7.92. The summed E-state index contributed by atoms with van der Waals surface area (Å²) in [5.41, 5.74) is 2.61. The van der Waals surface area contributed by atoms with E-state index in [0.29, 0.717) is 55.6 Å². The molecule has 1 atom stereocenters. The second kappa shape index (κ2) is 11.8. The lowest BCUT2D eigenvalue weighted by Crippen LogP contribution is -2.36. The lowest BCUT2D eigenvalue weighted by Gasteiger charge is -2.29. The number of halogens is 1. The molecule has 3 aromatic rings. The number of hydrogen-bond donors (Lipinski definition) is 1. The number of morpholine rings is 1. The third-order valence-electron chi connectivity index (χ3n) is 7.35. The van der Waals surface area contributed by atoms with Gasteiger partial charge in [-0.15, -0.1) is 0 Å². The molecule has 2 saturated heterocycles. The highest BCUT2D eigenvalue weighted by atomic mass is 32.2. The van der Waals surface area contributed by atoms with Crippen LogP contribution in [0.5, 0.6) is 5.88 Å². The molecule has 9 nitrogen and oxygen atoms in total. The average Bonchev–Trinajstić information content (AvgIpc) is 3.40. The summed E-state index contributed by atoms with van der Waals surface area (Å²) in [6.45, 7) is 7.38. The van der Waals surface area contributed by atoms with Gasteiger partial charge in [-0.3, -0.25) is 14.6 Å². The second-order valence-corrected chi connectivity index (χ2v) is 11.6. The fourth-order valence-electron chi connectivity index (χ4n) is 5.15. The molecule has 0 aliphatic carbocycles. The maximum Gasteiger partial charge on any atom is 0.267 e. The van der Waals surface area contributed by atoms with Crippen molar-refractivity contribution in [2.45, 2.75) is 31.2 Å². The molecule has 208 valence electrons. The number of likely N-dealkylation sites (tertiary alicyclic amines) is 1. The number of hydrogen-bond acceptors (Lipinski definition) is 8. The molecule has 0 bridgehead atoms. The lowest BCUT2D eigenvalue weighted by molar-refractivity contribution is 0.122. The molecule has 2 fully saturated rings. The van der Waals surface area contributed by atoms with Crippen molar-refractivity contribution >= 4 is 21.4 Å². The summed E-state index contributed by atoms with van der Waals surface area (Å²) in [7, 11) is -2.72. The molecule has 2 aliphatic rings. The van der Waals surface area contributed by atoms with Crippen molar-refractivity contribution in [1.29, 1.82) is 0 Å². The van der Waals surface area contributed by atoms with Gasteiger partial charge in [0.1, 0.15) is 5.82 Å². The molecule has 39 heavy (non-hydrogen) atoms. The van der Waals surface area contributed by atoms with Crippen LogP contribution in [0.3, 0.4) is 0 Å². The molecule has 0 radical (unpaired) electrons. The standard InChI is InChI=1S/C28H34FN5O4S/c1-3-20-6-7-33(18-20)19-21-4-5-25(26(29)12-21)22-13-23(16-30-15-22)32-39(35,36)27-14-24(17-31-28(27)37-2)34-8-10-38-11-9-34/h4-5,12-17,20,32H,3,6-11,18-19H2,1-2H3/t20-/m0/s1. The molecule has 0 amide bonds. The first-order chi connectivity index (χ1) is 18.9. The number of anilines is 2. The van der Waals surface area contributed by atoms with Gasteiger partial charge in [0.25, 0.3) is 10.0 Å². The lowest BCUT2D eigenvalue weighted by atomic mass is 10.0. The Morgan fingerprint density at radius 2 is 1.95 bits per heavy atom. The van der Waals surface area contributed by atoms with Crippen molar-refractivity contribution in [1.82, 2.24) is 14.9 Å². The zero-order valence-electron chi connectivity index (χ0n) is 22.3. The zero-order chi connectivity index (χ0) is 27.4. The van der Waals surface area contributed by atoms with Gasteiger partial charge in [-0.05, 0) is 42.6 Å². The molecule has 1 N–H and O–H groups in total. The molecule has 0 spiro atoms. The minimum absolute atomic E-state index is 0.0199. The molecule has 2 aromatic heterocycles. The summed E-state index contributed by atoms with van der Waals surface area (Å²) >= 11 is 0. The van der Waals surface area contributed by atoms with E-state index in [0.717, 1.165) is 18.7 Å². The first-order valence-corrected chi connectivity index (χ1v) is 14.7. The van der Waals surface area contributed by atoms with Gasteiger partial charge in [0.2, 0.25) is 5.88 Å². The Balaban J connectivity index is 1.35. The monoisotopic (exact) mass is 555 g/mol. The first-order valence-electron chi connectivity index (χ1n) is 13.2. The van der Waals surface area contributed by atoms with E-state index in [9.17, 15) is 8.42 Å². The summed E-state index contributed by atoms with van der Waals surface area (Å²) in [4.78, 5) is 12.7. The third-order valence-corrected chi connectivity index (χ3v) is 8.73. The van der Waals surface area contributed by atoms with Crippen LogP contribution in [-0.4, -0.2) is 69.8 Å². The smallest absolute Gasteiger partial charge is 0.267 e. The van der Waals surface area contributed by atoms with Crippen molar-refractivity contribution < 1.29 is 22.3 Å². The summed E-state index contributed by atoms with van der Waals surface area (Å²) in [5, 5.41) is 0. The van der Waals surface area contributed by atoms with Crippen LogP contribution in [0.2, 0.25) is 0 Å². The van der Waals surface area contributed by atoms with Crippen LogP contribution in [0.1, 0.15) is 25.3 Å². The van der Waals surface area contributed by atoms with Gasteiger partial charge in [-0.25, -0.2) is 17.8 Å². The van der Waals surface area contributed by atoms with Crippen LogP contribution in [-0.2, 0) is 21.3 Å². The largest absolute Gasteiger partial charge is 0.480 e. The Kier molecular flexibility index (Phi) is 8.29. The summed E-state index contributed by atoms with van der Waals surface area (Å²) in [6.07, 6.45) is 6.84. The summed E-state index contributed by atoms with van der Waals surface area (Å²) < 4.78 is 55.2. The number of sulfonamides is 1. The topological polar surface area (TPSA) is 96.9 Å². The number of rotatable bonds is 9. The molecule has 1 aromatic carbocycles. The number of ether oxygens (including phenoxy) is 2. The Hall–Kier alpha value is -3.28. The molecule has 0 saturated carbocycles. The fraction of sp³-hybridized carbons (Fsp3) is 0.429. The van der Waals surface area contributed by atoms with E-state index in [-0.39, 0.29) is 22.3 Å². The van der Waals surface area contributed by atoms with Crippen LogP contribution in [0, 0.1) is 11.7 Å². The van der Waals surface area contributed by atoms with E-state index < -0.39 is 10.0 Å². The predicted octanol–water partition coefficient (Wildman–Crippen LogP) is 4.16. The van der Waals surface area contributed by atoms with Crippen molar-refractivity contribution in [3.8, 4) is 17.0 Å². The molecule has 4 heterocycles. The Morgan fingerprint density at radius 1 is 1.13 bits per heavy atom. The predicted molar refractivity (Wildman–Crippen MR) is 148 cm³/mol. The van der Waals surface area contributed by atoms with Crippen LogP contribution >= 0.6 is 0 Å². The number of benzene rings is 1. The Bertz CT molecular complexity index is 1410. The van der Waals surface area contributed by atoms with Gasteiger partial charge in [-0.1, -0.05) is 25.5 Å². The number of nitrogens with one attached hydrogen (secondary N) is 1. The summed E-state index contributed by atoms with van der Waals surface area (Å²) in [5.74, 6) is 0.322. The second-order valence-electron chi connectivity index (χ2n) is 9.98. The van der Waals surface area contributed by atoms with Crippen LogP contribution in [0.4, 0.5) is 15.8 Å². The van der Waals surface area contributed by atoms with Crippen molar-refractivity contribution in [2.24, 2.45) is 5.92 Å². The molecule has 11 heteroatoms. The molecule has 5 rings (SSSR count). The van der Waals surface area contributed by atoms with Crippen molar-refractivity contribution in [3.63, 3.8) is 0 Å². The van der Waals surface area contributed by atoms with E-state index in [1.807, 2.05) is 11.0 Å². The normalized spacial score (nSPS) is 18.3. The number of aromatic nitrogens is 2. The fourth-order valence-corrected chi connectivity index (χ4v) is 6.33. The molecule has 0 unspecified atom stereocenters. The number of pyridine rings is 2. The zero-order valence-corrected chi connectivity index (χ0v) is 23.1. The van der Waals surface area contributed by atoms with Gasteiger partial charge in [0, 0.05) is 43.5 Å². The van der Waals surface area contributed by atoms with Gasteiger partial charge in [-0.2, -0.15) is 0 Å². The van der Waals surface area contributed by atoms with Crippen LogP contribution in [0.25, 0.3) is 11.1 Å². The maximum atomic E-state index is 15.2. The minimum atomic E-state index is -4.09. The van der Waals surface area contributed by atoms with E-state index in [2.05, 4.69) is 26.5 Å². The Morgan fingerprint density at radius 3 is 2.67 bits per heavy atom. The molecular formula is C28H34FN5O4S. The Labute approximate surface area is 229 Å². The summed E-state index contributed by atoms with van der Waals surface area (Å²) in [6, 6.07) is 8.31. The maximum absolute atomic E-state index is 15.2. The quantitative estimate of drug-likeness (QED) is 0.421. The van der Waals surface area contributed by atoms with Crippen LogP contribution in [0.15, 0.2) is 53.8 Å². The van der Waals surface area contributed by atoms with E-state index in [1.165, 1.54) is 38.4 Å². The van der Waals surface area contributed by atoms with Crippen LogP contribution < -0.4 is 14.4 Å². The van der Waals surface area contributed by atoms with E-state index in [4.69, 9.17) is 9.47 Å². The molecular weight excluding hydrogens is 521 g/mol. The van der Waals surface area contributed by atoms with Crippen molar-refractivity contribution in [3.05, 3.63) is 60.3 Å². The average molecular weight is 556 g/mol. The van der Waals surface area contributed by atoms with Gasteiger partial charge < -0.3 is 14.4 Å². The highest BCUT2D eigenvalue weighted by Crippen LogP contribution is 2.31. The highest BCUT2D eigenvalue weighted by Gasteiger charge is 2.25.